The second kappa shape index (κ2) is 11.0. The van der Waals surface area contributed by atoms with E-state index in [9.17, 15) is 14.7 Å². The molecule has 5 aromatic rings. The fourth-order valence-corrected chi connectivity index (χ4v) is 4.82. The lowest BCUT2D eigenvalue weighted by Gasteiger charge is -2.18. The number of nitrogens with zero attached hydrogens (tertiary/aromatic N) is 3. The highest BCUT2D eigenvalue weighted by molar-refractivity contribution is 9.13. The molecule has 3 aromatic carbocycles. The Balaban J connectivity index is 1.66. The van der Waals surface area contributed by atoms with Gasteiger partial charge in [0.25, 0.3) is 5.56 Å². The van der Waals surface area contributed by atoms with Crippen molar-refractivity contribution in [1.29, 1.82) is 0 Å². The van der Waals surface area contributed by atoms with Gasteiger partial charge in [0, 0.05) is 15.4 Å². The molecule has 198 valence electrons. The van der Waals surface area contributed by atoms with Crippen LogP contribution in [0, 0.1) is 0 Å². The van der Waals surface area contributed by atoms with Crippen LogP contribution in [0.5, 0.6) is 11.5 Å². The van der Waals surface area contributed by atoms with Crippen LogP contribution >= 0.6 is 31.9 Å². The summed E-state index contributed by atoms with van der Waals surface area (Å²) in [4.78, 5) is 29.6. The molecule has 0 bridgehead atoms. The number of furan rings is 1. The van der Waals surface area contributed by atoms with Crippen LogP contribution < -0.4 is 15.0 Å². The highest BCUT2D eigenvalue weighted by atomic mass is 79.9. The van der Waals surface area contributed by atoms with Gasteiger partial charge in [-0.15, -0.1) is 0 Å². The molecule has 9 nitrogen and oxygen atoms in total. The predicted molar refractivity (Wildman–Crippen MR) is 155 cm³/mol. The quantitative estimate of drug-likeness (QED) is 0.191. The topological polar surface area (TPSA) is 116 Å². The first kappa shape index (κ1) is 26.6. The van der Waals surface area contributed by atoms with Gasteiger partial charge in [-0.3, -0.25) is 4.79 Å². The monoisotopic (exact) mass is 653 g/mol. The van der Waals surface area contributed by atoms with Gasteiger partial charge in [0.05, 0.1) is 28.2 Å². The number of carbonyl (C=O) groups is 1. The highest BCUT2D eigenvalue weighted by Gasteiger charge is 2.22. The second-order valence-electron chi connectivity index (χ2n) is 8.41. The molecule has 0 fully saturated rings. The van der Waals surface area contributed by atoms with Gasteiger partial charge in [0.1, 0.15) is 5.58 Å². The van der Waals surface area contributed by atoms with Crippen molar-refractivity contribution in [2.24, 2.45) is 5.10 Å². The zero-order chi connectivity index (χ0) is 27.7. The van der Waals surface area contributed by atoms with E-state index < -0.39 is 12.1 Å². The summed E-state index contributed by atoms with van der Waals surface area (Å²) in [6, 6.07) is 18.0. The maximum absolute atomic E-state index is 13.6. The number of hydrogen-bond donors (Lipinski definition) is 1. The number of rotatable bonds is 8. The Hall–Kier alpha value is -3.96. The molecule has 2 aromatic heterocycles. The zero-order valence-electron chi connectivity index (χ0n) is 20.7. The van der Waals surface area contributed by atoms with E-state index in [4.69, 9.17) is 18.9 Å². The summed E-state index contributed by atoms with van der Waals surface area (Å²) in [6.07, 6.45) is 0.367. The Bertz CT molecular complexity index is 1780. The summed E-state index contributed by atoms with van der Waals surface area (Å²) in [7, 11) is 0. The van der Waals surface area contributed by atoms with Gasteiger partial charge in [0.15, 0.2) is 23.4 Å². The van der Waals surface area contributed by atoms with Crippen molar-refractivity contribution in [1.82, 2.24) is 9.66 Å². The van der Waals surface area contributed by atoms with Crippen LogP contribution in [-0.2, 0) is 4.79 Å². The van der Waals surface area contributed by atoms with Crippen molar-refractivity contribution in [2.45, 2.75) is 20.0 Å². The third-order valence-electron chi connectivity index (χ3n) is 5.81. The summed E-state index contributed by atoms with van der Waals surface area (Å²) in [5, 5.41) is 15.1. The molecule has 0 spiro atoms. The van der Waals surface area contributed by atoms with Gasteiger partial charge < -0.3 is 19.0 Å². The van der Waals surface area contributed by atoms with E-state index in [1.807, 2.05) is 36.4 Å². The van der Waals surface area contributed by atoms with Crippen molar-refractivity contribution < 1.29 is 23.8 Å². The number of hydrogen-bond acceptors (Lipinski definition) is 7. The van der Waals surface area contributed by atoms with Crippen molar-refractivity contribution >= 4 is 65.9 Å². The van der Waals surface area contributed by atoms with Crippen LogP contribution in [0.25, 0.3) is 33.5 Å². The SMILES string of the molecule is CCOc1cc(C=Nn2c(-c3cc4ccccc4o3)nc3ccccc3c2=O)c(Br)c(Br)c1O[C@H](C)C(=O)O. The number of ether oxygens (including phenoxy) is 2. The molecule has 1 N–H and O–H groups in total. The van der Waals surface area contributed by atoms with Crippen LogP contribution in [0.4, 0.5) is 0 Å². The minimum Gasteiger partial charge on any atom is -0.490 e. The lowest BCUT2D eigenvalue weighted by molar-refractivity contribution is -0.144. The number of fused-ring (bicyclic) bond motifs is 2. The number of carboxylic acids is 1. The number of carboxylic acid groups (broad SMARTS) is 1. The van der Waals surface area contributed by atoms with Crippen molar-refractivity contribution in [3.8, 4) is 23.1 Å². The fourth-order valence-electron chi connectivity index (χ4n) is 3.90. The van der Waals surface area contributed by atoms with Crippen LogP contribution in [0.3, 0.4) is 0 Å². The molecule has 0 aliphatic rings. The summed E-state index contributed by atoms with van der Waals surface area (Å²) in [5.74, 6) is 0.0405. The average molecular weight is 655 g/mol. The van der Waals surface area contributed by atoms with Gasteiger partial charge in [-0.25, -0.2) is 9.78 Å². The smallest absolute Gasteiger partial charge is 0.344 e. The molecule has 1 atom stereocenters. The number of aliphatic carboxylic acids is 1. The largest absolute Gasteiger partial charge is 0.490 e. The maximum Gasteiger partial charge on any atom is 0.344 e. The van der Waals surface area contributed by atoms with Gasteiger partial charge in [-0.2, -0.15) is 9.78 Å². The van der Waals surface area contributed by atoms with Crippen molar-refractivity contribution in [3.05, 3.63) is 85.5 Å². The molecule has 0 saturated heterocycles. The third-order valence-corrected chi connectivity index (χ3v) is 7.95. The molecule has 0 saturated carbocycles. The third kappa shape index (κ3) is 5.19. The normalized spacial score (nSPS) is 12.3. The Morgan fingerprint density at radius 1 is 1.15 bits per heavy atom. The first-order valence-corrected chi connectivity index (χ1v) is 13.5. The molecule has 0 radical (unpaired) electrons. The molecule has 0 aliphatic carbocycles. The molecular formula is C28H21Br2N3O6. The van der Waals surface area contributed by atoms with Crippen LogP contribution in [0.15, 0.2) is 83.9 Å². The molecule has 0 unspecified atom stereocenters. The van der Waals surface area contributed by atoms with Crippen LogP contribution in [0.1, 0.15) is 19.4 Å². The molecule has 39 heavy (non-hydrogen) atoms. The number of para-hydroxylation sites is 2. The summed E-state index contributed by atoms with van der Waals surface area (Å²) in [5.41, 5.74) is 1.34. The zero-order valence-corrected chi connectivity index (χ0v) is 23.9. The van der Waals surface area contributed by atoms with E-state index in [1.54, 1.807) is 31.2 Å². The Kier molecular flexibility index (Phi) is 7.53. The highest BCUT2D eigenvalue weighted by Crippen LogP contribution is 2.43. The summed E-state index contributed by atoms with van der Waals surface area (Å²) >= 11 is 6.99. The molecule has 2 heterocycles. The Morgan fingerprint density at radius 2 is 1.90 bits per heavy atom. The Labute approximate surface area is 238 Å². The van der Waals surface area contributed by atoms with Gasteiger partial charge in [0.2, 0.25) is 5.82 Å². The predicted octanol–water partition coefficient (Wildman–Crippen LogP) is 6.47. The average Bonchev–Trinajstić information content (AvgIpc) is 3.37. The lowest BCUT2D eigenvalue weighted by Crippen LogP contribution is -2.23. The van der Waals surface area contributed by atoms with E-state index >= 15 is 0 Å². The van der Waals surface area contributed by atoms with E-state index in [0.29, 0.717) is 49.1 Å². The molecule has 0 amide bonds. The second-order valence-corrected chi connectivity index (χ2v) is 10.0. The summed E-state index contributed by atoms with van der Waals surface area (Å²) < 4.78 is 19.5. The van der Waals surface area contributed by atoms with Gasteiger partial charge in [-0.05, 0) is 76.0 Å². The van der Waals surface area contributed by atoms with Crippen LogP contribution in [0.2, 0.25) is 0 Å². The molecule has 5 rings (SSSR count). The minimum absolute atomic E-state index is 0.225. The van der Waals surface area contributed by atoms with E-state index in [2.05, 4.69) is 37.0 Å². The van der Waals surface area contributed by atoms with E-state index in [-0.39, 0.29) is 17.1 Å². The van der Waals surface area contributed by atoms with E-state index in [1.165, 1.54) is 17.8 Å². The van der Waals surface area contributed by atoms with Crippen molar-refractivity contribution in [2.75, 3.05) is 6.61 Å². The number of aromatic nitrogens is 2. The maximum atomic E-state index is 13.6. The first-order chi connectivity index (χ1) is 18.8. The van der Waals surface area contributed by atoms with Gasteiger partial charge in [-0.1, -0.05) is 30.3 Å². The fraction of sp³-hybridized carbons (Fsp3) is 0.143. The summed E-state index contributed by atoms with van der Waals surface area (Å²) in [6.45, 7) is 3.53. The molecule has 11 heteroatoms. The van der Waals surface area contributed by atoms with Crippen molar-refractivity contribution in [3.63, 3.8) is 0 Å². The van der Waals surface area contributed by atoms with Gasteiger partial charge >= 0.3 is 5.97 Å². The van der Waals surface area contributed by atoms with E-state index in [0.717, 1.165) is 5.39 Å². The standard InChI is InChI=1S/C28H21Br2N3O6/c1-3-37-21-13-17(23(29)24(30)25(21)38-15(2)28(35)36)14-31-33-26(22-12-16-8-4-7-11-20(16)39-22)32-19-10-6-5-9-18(19)27(33)34/h4-15H,3H2,1-2H3,(H,35,36)/t15-/m1/s1. The lowest BCUT2D eigenvalue weighted by atomic mass is 10.2. The number of benzene rings is 3. The minimum atomic E-state index is -1.12. The van der Waals surface area contributed by atoms with Crippen LogP contribution in [-0.4, -0.2) is 39.7 Å². The molecule has 0 aliphatic heterocycles. The molecular weight excluding hydrogens is 634 g/mol. The number of halogens is 2. The Morgan fingerprint density at radius 3 is 2.64 bits per heavy atom. The first-order valence-electron chi connectivity index (χ1n) is 11.9.